The van der Waals surface area contributed by atoms with Gasteiger partial charge in [0.15, 0.2) is 5.79 Å². The molecule has 0 bridgehead atoms. The number of halogens is 1. The Kier molecular flexibility index (Phi) is 3.77. The molecule has 2 heterocycles. The largest absolute Gasteiger partial charge is 0.367 e. The van der Waals surface area contributed by atoms with Gasteiger partial charge in [0.2, 0.25) is 6.36 Å². The number of alkyl halides is 1. The first-order valence-electron chi connectivity index (χ1n) is 6.82. The van der Waals surface area contributed by atoms with E-state index < -0.39 is 24.4 Å². The van der Waals surface area contributed by atoms with Crippen molar-refractivity contribution in [2.24, 2.45) is 0 Å². The van der Waals surface area contributed by atoms with Crippen LogP contribution in [0.2, 0.25) is 0 Å². The van der Waals surface area contributed by atoms with Gasteiger partial charge in [-0.3, -0.25) is 0 Å². The van der Waals surface area contributed by atoms with Crippen molar-refractivity contribution in [3.63, 3.8) is 0 Å². The van der Waals surface area contributed by atoms with Crippen molar-refractivity contribution in [3.05, 3.63) is 35.9 Å². The number of hydrogen-bond donors (Lipinski definition) is 0. The molecular formula is C15H19FO4. The van der Waals surface area contributed by atoms with Gasteiger partial charge in [0.1, 0.15) is 18.3 Å². The Hall–Kier alpha value is -1.01. The lowest BCUT2D eigenvalue weighted by Gasteiger charge is -2.23. The van der Waals surface area contributed by atoms with Gasteiger partial charge in [0, 0.05) is 0 Å². The van der Waals surface area contributed by atoms with Crippen LogP contribution in [0, 0.1) is 0 Å². The van der Waals surface area contributed by atoms with Crippen molar-refractivity contribution in [1.29, 1.82) is 0 Å². The van der Waals surface area contributed by atoms with Gasteiger partial charge >= 0.3 is 0 Å². The van der Waals surface area contributed by atoms with Crippen molar-refractivity contribution in [1.82, 2.24) is 0 Å². The molecule has 2 saturated heterocycles. The maximum atomic E-state index is 14.2. The highest BCUT2D eigenvalue weighted by atomic mass is 19.1. The summed E-state index contributed by atoms with van der Waals surface area (Å²) in [6.45, 7) is 4.19. The fourth-order valence-electron chi connectivity index (χ4n) is 2.64. The zero-order valence-electron chi connectivity index (χ0n) is 11.6. The van der Waals surface area contributed by atoms with Gasteiger partial charge in [-0.05, 0) is 19.4 Å². The molecule has 0 radical (unpaired) electrons. The number of rotatable bonds is 4. The molecule has 0 amide bonds. The molecule has 4 atom stereocenters. The van der Waals surface area contributed by atoms with Gasteiger partial charge in [0.05, 0.1) is 13.2 Å². The lowest BCUT2D eigenvalue weighted by molar-refractivity contribution is -0.205. The molecular weight excluding hydrogens is 263 g/mol. The molecule has 0 aromatic heterocycles. The van der Waals surface area contributed by atoms with Crippen LogP contribution in [-0.4, -0.2) is 37.1 Å². The Balaban J connectivity index is 1.57. The maximum absolute atomic E-state index is 14.2. The van der Waals surface area contributed by atoms with E-state index in [0.717, 1.165) is 5.56 Å². The molecule has 1 aromatic rings. The topological polar surface area (TPSA) is 36.9 Å². The Morgan fingerprint density at radius 3 is 2.80 bits per heavy atom. The van der Waals surface area contributed by atoms with Gasteiger partial charge in [-0.25, -0.2) is 4.39 Å². The first-order chi connectivity index (χ1) is 9.55. The van der Waals surface area contributed by atoms with E-state index in [1.807, 2.05) is 44.2 Å². The summed E-state index contributed by atoms with van der Waals surface area (Å²) in [5, 5.41) is 0. The smallest absolute Gasteiger partial charge is 0.228 e. The Morgan fingerprint density at radius 2 is 2.05 bits per heavy atom. The van der Waals surface area contributed by atoms with Crippen LogP contribution in [0.15, 0.2) is 30.3 Å². The van der Waals surface area contributed by atoms with E-state index in [1.54, 1.807) is 0 Å². The predicted molar refractivity (Wildman–Crippen MR) is 69.7 cm³/mol. The zero-order valence-corrected chi connectivity index (χ0v) is 11.6. The Bertz CT molecular complexity index is 450. The standard InChI is InChI=1S/C15H19FO4/c1-15(2)19-11-9-17-13(12(11)20-15)14(16)18-8-10-6-4-3-5-7-10/h3-7,11-14H,8-9H2,1-2H3. The summed E-state index contributed by atoms with van der Waals surface area (Å²) >= 11 is 0. The molecule has 3 rings (SSSR count). The number of hydrogen-bond acceptors (Lipinski definition) is 4. The molecule has 110 valence electrons. The quantitative estimate of drug-likeness (QED) is 0.850. The first kappa shape index (κ1) is 13.9. The van der Waals surface area contributed by atoms with Gasteiger partial charge in [-0.2, -0.15) is 0 Å². The Labute approximate surface area is 117 Å². The molecule has 2 aliphatic heterocycles. The van der Waals surface area contributed by atoms with Crippen LogP contribution in [0.25, 0.3) is 0 Å². The van der Waals surface area contributed by atoms with E-state index in [1.165, 1.54) is 0 Å². The summed E-state index contributed by atoms with van der Waals surface area (Å²) in [6, 6.07) is 9.48. The minimum Gasteiger partial charge on any atom is -0.367 e. The van der Waals surface area contributed by atoms with Crippen molar-refractivity contribution >= 4 is 0 Å². The molecule has 0 N–H and O–H groups in total. The third-order valence-corrected chi connectivity index (χ3v) is 3.51. The second kappa shape index (κ2) is 5.41. The predicted octanol–water partition coefficient (Wildman–Crippen LogP) is 2.42. The van der Waals surface area contributed by atoms with Gasteiger partial charge < -0.3 is 18.9 Å². The van der Waals surface area contributed by atoms with Gasteiger partial charge in [-0.15, -0.1) is 0 Å². The van der Waals surface area contributed by atoms with Gasteiger partial charge in [0.25, 0.3) is 0 Å². The molecule has 0 spiro atoms. The highest BCUT2D eigenvalue weighted by Gasteiger charge is 2.53. The fourth-order valence-corrected chi connectivity index (χ4v) is 2.64. The van der Waals surface area contributed by atoms with Crippen molar-refractivity contribution in [2.45, 2.75) is 50.9 Å². The molecule has 0 aliphatic carbocycles. The van der Waals surface area contributed by atoms with E-state index in [-0.39, 0.29) is 12.7 Å². The van der Waals surface area contributed by atoms with Crippen LogP contribution in [0.3, 0.4) is 0 Å². The summed E-state index contributed by atoms with van der Waals surface area (Å²) in [5.41, 5.74) is 0.925. The highest BCUT2D eigenvalue weighted by Crippen LogP contribution is 2.37. The second-order valence-electron chi connectivity index (χ2n) is 5.58. The maximum Gasteiger partial charge on any atom is 0.228 e. The second-order valence-corrected chi connectivity index (χ2v) is 5.58. The molecule has 0 saturated carbocycles. The lowest BCUT2D eigenvalue weighted by Crippen LogP contribution is -2.37. The van der Waals surface area contributed by atoms with Crippen molar-refractivity contribution in [3.8, 4) is 0 Å². The van der Waals surface area contributed by atoms with E-state index in [0.29, 0.717) is 6.61 Å². The number of benzene rings is 1. The highest BCUT2D eigenvalue weighted by molar-refractivity contribution is 5.13. The van der Waals surface area contributed by atoms with Crippen LogP contribution in [0.1, 0.15) is 19.4 Å². The zero-order chi connectivity index (χ0) is 14.2. The van der Waals surface area contributed by atoms with Crippen LogP contribution in [0.4, 0.5) is 4.39 Å². The number of fused-ring (bicyclic) bond motifs is 1. The van der Waals surface area contributed by atoms with Crippen LogP contribution >= 0.6 is 0 Å². The monoisotopic (exact) mass is 282 g/mol. The molecule has 5 heteroatoms. The van der Waals surface area contributed by atoms with E-state index in [2.05, 4.69) is 0 Å². The minimum atomic E-state index is -1.53. The first-order valence-corrected chi connectivity index (χ1v) is 6.82. The fraction of sp³-hybridized carbons (Fsp3) is 0.600. The summed E-state index contributed by atoms with van der Waals surface area (Å²) in [6.07, 6.45) is -2.88. The molecule has 1 aromatic carbocycles. The molecule has 2 fully saturated rings. The van der Waals surface area contributed by atoms with Crippen molar-refractivity contribution < 1.29 is 23.3 Å². The number of ether oxygens (including phenoxy) is 4. The third kappa shape index (κ3) is 2.86. The summed E-state index contributed by atoms with van der Waals surface area (Å²) < 4.78 is 36.2. The third-order valence-electron chi connectivity index (χ3n) is 3.51. The van der Waals surface area contributed by atoms with E-state index in [4.69, 9.17) is 18.9 Å². The van der Waals surface area contributed by atoms with Gasteiger partial charge in [-0.1, -0.05) is 30.3 Å². The molecule has 20 heavy (non-hydrogen) atoms. The normalized spacial score (nSPS) is 33.0. The molecule has 4 nitrogen and oxygen atoms in total. The SMILES string of the molecule is CC1(C)OC2COC(C(F)OCc3ccccc3)C2O1. The summed E-state index contributed by atoms with van der Waals surface area (Å²) in [7, 11) is 0. The van der Waals surface area contributed by atoms with E-state index in [9.17, 15) is 4.39 Å². The lowest BCUT2D eigenvalue weighted by atomic mass is 10.1. The minimum absolute atomic E-state index is 0.212. The molecule has 4 unspecified atom stereocenters. The molecule has 2 aliphatic rings. The van der Waals surface area contributed by atoms with Crippen LogP contribution in [0.5, 0.6) is 0 Å². The summed E-state index contributed by atoms with van der Waals surface area (Å²) in [5.74, 6) is -0.684. The van der Waals surface area contributed by atoms with E-state index >= 15 is 0 Å². The average molecular weight is 282 g/mol. The van der Waals surface area contributed by atoms with Crippen LogP contribution < -0.4 is 0 Å². The summed E-state index contributed by atoms with van der Waals surface area (Å²) in [4.78, 5) is 0. The van der Waals surface area contributed by atoms with Crippen LogP contribution in [-0.2, 0) is 25.6 Å². The Morgan fingerprint density at radius 1 is 1.30 bits per heavy atom. The average Bonchev–Trinajstić information content (AvgIpc) is 2.92. The van der Waals surface area contributed by atoms with Crippen molar-refractivity contribution in [2.75, 3.05) is 6.61 Å².